The maximum Gasteiger partial charge on any atom is 0.307 e. The van der Waals surface area contributed by atoms with Crippen LogP contribution < -0.4 is 4.87 Å². The Bertz CT molecular complexity index is 357. The minimum atomic E-state index is 0.191. The van der Waals surface area contributed by atoms with Gasteiger partial charge in [-0.2, -0.15) is 12.6 Å². The van der Waals surface area contributed by atoms with Gasteiger partial charge in [0.2, 0.25) is 0 Å². The van der Waals surface area contributed by atoms with E-state index in [1.807, 2.05) is 16.9 Å². The predicted molar refractivity (Wildman–Crippen MR) is 79.5 cm³/mol. The monoisotopic (exact) mass is 273 g/mol. The lowest BCUT2D eigenvalue weighted by atomic mass is 10.1. The zero-order valence-corrected chi connectivity index (χ0v) is 12.4. The fraction of sp³-hybridized carbons (Fsp3) is 0.769. The van der Waals surface area contributed by atoms with Gasteiger partial charge in [0.05, 0.1) is 0 Å². The Balaban J connectivity index is 2.03. The Morgan fingerprint density at radius 1 is 1.12 bits per heavy atom. The van der Waals surface area contributed by atoms with E-state index >= 15 is 0 Å². The number of hydrogen-bond acceptors (Lipinski definition) is 3. The first-order chi connectivity index (χ1) is 8.25. The van der Waals surface area contributed by atoms with Crippen LogP contribution in [0.3, 0.4) is 0 Å². The third-order valence-electron chi connectivity index (χ3n) is 3.02. The summed E-state index contributed by atoms with van der Waals surface area (Å²) in [6.07, 6.45) is 8.87. The van der Waals surface area contributed by atoms with Gasteiger partial charge in [-0.15, -0.1) is 0 Å². The van der Waals surface area contributed by atoms with Crippen LogP contribution in [-0.4, -0.2) is 10.3 Å². The fourth-order valence-corrected chi connectivity index (χ4v) is 2.92. The molecule has 0 aliphatic heterocycles. The molecule has 2 nitrogen and oxygen atoms in total. The second-order valence-electron chi connectivity index (χ2n) is 4.49. The molecule has 0 atom stereocenters. The van der Waals surface area contributed by atoms with E-state index in [0.717, 1.165) is 24.4 Å². The summed E-state index contributed by atoms with van der Waals surface area (Å²) in [6.45, 7) is 2.90. The number of rotatable bonds is 9. The molecule has 1 aromatic rings. The van der Waals surface area contributed by atoms with Gasteiger partial charge in [-0.1, -0.05) is 43.4 Å². The first-order valence-electron chi connectivity index (χ1n) is 6.51. The molecular formula is C13H23NOS2. The van der Waals surface area contributed by atoms with Gasteiger partial charge >= 0.3 is 4.87 Å². The quantitative estimate of drug-likeness (QED) is 0.535. The summed E-state index contributed by atoms with van der Waals surface area (Å²) < 4.78 is 1.89. The van der Waals surface area contributed by atoms with Gasteiger partial charge in [0.25, 0.3) is 0 Å². The summed E-state index contributed by atoms with van der Waals surface area (Å²) >= 11 is 5.51. The highest BCUT2D eigenvalue weighted by molar-refractivity contribution is 7.80. The smallest absolute Gasteiger partial charge is 0.303 e. The van der Waals surface area contributed by atoms with E-state index in [-0.39, 0.29) is 4.87 Å². The molecule has 0 unspecified atom stereocenters. The molecule has 1 aromatic heterocycles. The number of thiazole rings is 1. The molecule has 4 heteroatoms. The van der Waals surface area contributed by atoms with Crippen molar-refractivity contribution in [3.8, 4) is 0 Å². The highest BCUT2D eigenvalue weighted by Crippen LogP contribution is 2.09. The highest BCUT2D eigenvalue weighted by Gasteiger charge is 2.01. The molecule has 0 saturated carbocycles. The predicted octanol–water partition coefficient (Wildman–Crippen LogP) is 3.88. The molecule has 17 heavy (non-hydrogen) atoms. The zero-order chi connectivity index (χ0) is 12.5. The van der Waals surface area contributed by atoms with Crippen LogP contribution in [0.5, 0.6) is 0 Å². The van der Waals surface area contributed by atoms with Crippen LogP contribution in [0.15, 0.2) is 10.2 Å². The first-order valence-corrected chi connectivity index (χ1v) is 8.02. The molecule has 0 bridgehead atoms. The van der Waals surface area contributed by atoms with Crippen LogP contribution >= 0.6 is 24.0 Å². The van der Waals surface area contributed by atoms with Crippen molar-refractivity contribution in [1.29, 1.82) is 0 Å². The van der Waals surface area contributed by atoms with E-state index in [9.17, 15) is 4.79 Å². The zero-order valence-electron chi connectivity index (χ0n) is 10.7. The molecule has 0 radical (unpaired) electrons. The van der Waals surface area contributed by atoms with Gasteiger partial charge in [-0.3, -0.25) is 4.79 Å². The van der Waals surface area contributed by atoms with E-state index in [2.05, 4.69) is 12.6 Å². The summed E-state index contributed by atoms with van der Waals surface area (Å²) in [5, 5.41) is 1.94. The van der Waals surface area contributed by atoms with Gasteiger partial charge in [-0.05, 0) is 25.5 Å². The van der Waals surface area contributed by atoms with Crippen LogP contribution in [-0.2, 0) is 6.54 Å². The standard InChI is InChI=1S/C13H23NOS2/c1-12-11-17-13(15)14(12)9-7-5-3-2-4-6-8-10-16/h11,16H,2-10H2,1H3. The lowest BCUT2D eigenvalue weighted by molar-refractivity contribution is 0.542. The number of aromatic nitrogens is 1. The molecule has 0 fully saturated rings. The number of aryl methyl sites for hydroxylation is 1. The molecule has 0 N–H and O–H groups in total. The van der Waals surface area contributed by atoms with Gasteiger partial charge in [0.15, 0.2) is 0 Å². The van der Waals surface area contributed by atoms with Crippen molar-refractivity contribution in [3.05, 3.63) is 20.7 Å². The number of hydrogen-bond donors (Lipinski definition) is 1. The molecule has 0 aliphatic carbocycles. The van der Waals surface area contributed by atoms with Gasteiger partial charge in [-0.25, -0.2) is 0 Å². The van der Waals surface area contributed by atoms with E-state index < -0.39 is 0 Å². The minimum Gasteiger partial charge on any atom is -0.303 e. The second kappa shape index (κ2) is 8.81. The molecule has 0 amide bonds. The molecular weight excluding hydrogens is 250 g/mol. The number of nitrogens with zero attached hydrogens (tertiary/aromatic N) is 1. The molecule has 0 aliphatic rings. The van der Waals surface area contributed by atoms with Crippen LogP contribution in [0.1, 0.15) is 50.6 Å². The summed E-state index contributed by atoms with van der Waals surface area (Å²) in [4.78, 5) is 11.6. The molecule has 0 aromatic carbocycles. The Morgan fingerprint density at radius 2 is 1.71 bits per heavy atom. The topological polar surface area (TPSA) is 22.0 Å². The van der Waals surface area contributed by atoms with E-state index in [1.54, 1.807) is 0 Å². The maximum absolute atomic E-state index is 11.5. The largest absolute Gasteiger partial charge is 0.307 e. The average Bonchev–Trinajstić information content (AvgIpc) is 2.63. The molecule has 98 valence electrons. The third-order valence-corrected chi connectivity index (χ3v) is 4.21. The van der Waals surface area contributed by atoms with Crippen molar-refractivity contribution in [2.24, 2.45) is 0 Å². The molecule has 1 rings (SSSR count). The summed E-state index contributed by atoms with van der Waals surface area (Å²) in [7, 11) is 0. The van der Waals surface area contributed by atoms with Crippen LogP contribution in [0.4, 0.5) is 0 Å². The average molecular weight is 273 g/mol. The van der Waals surface area contributed by atoms with Crippen molar-refractivity contribution >= 4 is 24.0 Å². The second-order valence-corrected chi connectivity index (χ2v) is 5.76. The number of thiol groups is 1. The normalized spacial score (nSPS) is 10.9. The first kappa shape index (κ1) is 14.8. The van der Waals surface area contributed by atoms with Crippen molar-refractivity contribution in [2.75, 3.05) is 5.75 Å². The van der Waals surface area contributed by atoms with Crippen molar-refractivity contribution < 1.29 is 0 Å². The van der Waals surface area contributed by atoms with Gasteiger partial charge in [0, 0.05) is 17.6 Å². The molecule has 1 heterocycles. The van der Waals surface area contributed by atoms with E-state index in [0.29, 0.717) is 0 Å². The van der Waals surface area contributed by atoms with Crippen LogP contribution in [0.2, 0.25) is 0 Å². The van der Waals surface area contributed by atoms with Crippen LogP contribution in [0.25, 0.3) is 0 Å². The van der Waals surface area contributed by atoms with Gasteiger partial charge < -0.3 is 4.57 Å². The van der Waals surface area contributed by atoms with Gasteiger partial charge in [0.1, 0.15) is 0 Å². The lowest BCUT2D eigenvalue weighted by Gasteiger charge is -2.04. The lowest BCUT2D eigenvalue weighted by Crippen LogP contribution is -2.14. The summed E-state index contributed by atoms with van der Waals surface area (Å²) in [6, 6.07) is 0. The SMILES string of the molecule is Cc1csc(=O)n1CCCCCCCCCS. The highest BCUT2D eigenvalue weighted by atomic mass is 32.1. The van der Waals surface area contributed by atoms with E-state index in [4.69, 9.17) is 0 Å². The van der Waals surface area contributed by atoms with Crippen molar-refractivity contribution in [2.45, 2.75) is 58.4 Å². The summed E-state index contributed by atoms with van der Waals surface area (Å²) in [5.74, 6) is 1.01. The minimum absolute atomic E-state index is 0.191. The van der Waals surface area contributed by atoms with Crippen molar-refractivity contribution in [3.63, 3.8) is 0 Å². The van der Waals surface area contributed by atoms with Crippen LogP contribution in [0, 0.1) is 6.92 Å². The Labute approximate surface area is 113 Å². The molecule has 0 saturated heterocycles. The Morgan fingerprint density at radius 3 is 2.24 bits per heavy atom. The maximum atomic E-state index is 11.5. The third kappa shape index (κ3) is 5.77. The fourth-order valence-electron chi connectivity index (χ4n) is 1.94. The Kier molecular flexibility index (Phi) is 7.69. The number of unbranched alkanes of at least 4 members (excludes halogenated alkanes) is 6. The van der Waals surface area contributed by atoms with E-state index in [1.165, 1.54) is 49.9 Å². The Hall–Kier alpha value is -0.220. The van der Waals surface area contributed by atoms with Crippen molar-refractivity contribution in [1.82, 2.24) is 4.57 Å². The summed E-state index contributed by atoms with van der Waals surface area (Å²) in [5.41, 5.74) is 1.11. The molecule has 0 spiro atoms.